The first-order valence-electron chi connectivity index (χ1n) is 5.89. The van der Waals surface area contributed by atoms with Crippen LogP contribution >= 0.6 is 27.5 Å². The first-order valence-corrected chi connectivity index (χ1v) is 7.06. The predicted molar refractivity (Wildman–Crippen MR) is 86.1 cm³/mol. The Balaban J connectivity index is 1.96. The van der Waals surface area contributed by atoms with Gasteiger partial charge in [-0.25, -0.2) is 4.79 Å². The molecular weight excluding hydrogens is 342 g/mol. The molecule has 2 amide bonds. The number of benzene rings is 2. The van der Waals surface area contributed by atoms with Gasteiger partial charge in [-0.05, 0) is 57.9 Å². The minimum Gasteiger partial charge on any atom is -0.381 e. The molecule has 2 aromatic rings. The van der Waals surface area contributed by atoms with Gasteiger partial charge in [-0.1, -0.05) is 17.7 Å². The molecule has 6 heteroatoms. The van der Waals surface area contributed by atoms with E-state index >= 15 is 0 Å². The highest BCUT2D eigenvalue weighted by Crippen LogP contribution is 2.23. The third-order valence-corrected chi connectivity index (χ3v) is 3.87. The monoisotopic (exact) mass is 353 g/mol. The van der Waals surface area contributed by atoms with Crippen molar-refractivity contribution in [1.29, 1.82) is 0 Å². The van der Waals surface area contributed by atoms with Crippen molar-refractivity contribution in [3.05, 3.63) is 57.5 Å². The molecule has 0 aromatic heterocycles. The second-order valence-electron chi connectivity index (χ2n) is 4.17. The molecule has 4 N–H and O–H groups in total. The first kappa shape index (κ1) is 14.7. The maximum atomic E-state index is 10.7. The fourth-order valence-electron chi connectivity index (χ4n) is 1.67. The number of hydrogen-bond donors (Lipinski definition) is 3. The number of urea groups is 1. The lowest BCUT2D eigenvalue weighted by atomic mass is 10.2. The number of nitrogens with two attached hydrogens (primary N) is 1. The van der Waals surface area contributed by atoms with E-state index in [0.717, 1.165) is 15.7 Å². The van der Waals surface area contributed by atoms with E-state index in [1.54, 1.807) is 12.1 Å². The van der Waals surface area contributed by atoms with E-state index in [4.69, 9.17) is 17.3 Å². The summed E-state index contributed by atoms with van der Waals surface area (Å²) in [4.78, 5) is 10.7. The molecule has 0 atom stereocenters. The fraction of sp³-hybridized carbons (Fsp3) is 0.0714. The Morgan fingerprint density at radius 1 is 1.15 bits per heavy atom. The maximum Gasteiger partial charge on any atom is 0.316 e. The standard InChI is InChI=1S/C14H13BrClN3O/c15-12-6-1-9(7-13(12)16)8-18-10-2-4-11(5-3-10)19-14(17)20/h1-7,18H,8H2,(H3,17,19,20). The Kier molecular flexibility index (Phi) is 4.87. The second kappa shape index (κ2) is 6.63. The van der Waals surface area contributed by atoms with Gasteiger partial charge in [0.15, 0.2) is 0 Å². The van der Waals surface area contributed by atoms with Crippen molar-refractivity contribution >= 4 is 44.9 Å². The summed E-state index contributed by atoms with van der Waals surface area (Å²) in [5.74, 6) is 0. The van der Waals surface area contributed by atoms with Crippen LogP contribution in [0.1, 0.15) is 5.56 Å². The third kappa shape index (κ3) is 4.15. The van der Waals surface area contributed by atoms with Crippen molar-refractivity contribution in [1.82, 2.24) is 0 Å². The number of amides is 2. The lowest BCUT2D eigenvalue weighted by Gasteiger charge is -2.08. The number of carbonyl (C=O) groups excluding carboxylic acids is 1. The molecule has 0 aliphatic rings. The van der Waals surface area contributed by atoms with Gasteiger partial charge in [0.05, 0.1) is 5.02 Å². The van der Waals surface area contributed by atoms with Crippen molar-refractivity contribution in [3.63, 3.8) is 0 Å². The summed E-state index contributed by atoms with van der Waals surface area (Å²) in [5, 5.41) is 6.46. The van der Waals surface area contributed by atoms with Gasteiger partial charge in [-0.3, -0.25) is 0 Å². The zero-order chi connectivity index (χ0) is 14.5. The third-order valence-electron chi connectivity index (χ3n) is 2.63. The number of rotatable bonds is 4. The highest BCUT2D eigenvalue weighted by Gasteiger charge is 2.00. The largest absolute Gasteiger partial charge is 0.381 e. The minimum atomic E-state index is -0.574. The van der Waals surface area contributed by atoms with Gasteiger partial charge in [0.25, 0.3) is 0 Å². The predicted octanol–water partition coefficient (Wildman–Crippen LogP) is 4.21. The van der Waals surface area contributed by atoms with Crippen molar-refractivity contribution in [2.45, 2.75) is 6.54 Å². The summed E-state index contributed by atoms with van der Waals surface area (Å²) in [6.07, 6.45) is 0. The van der Waals surface area contributed by atoms with Gasteiger partial charge in [-0.15, -0.1) is 0 Å². The van der Waals surface area contributed by atoms with Crippen LogP contribution in [0.5, 0.6) is 0 Å². The molecule has 0 unspecified atom stereocenters. The zero-order valence-electron chi connectivity index (χ0n) is 10.5. The Bertz CT molecular complexity index is 616. The Labute approximate surface area is 130 Å². The van der Waals surface area contributed by atoms with Gasteiger partial charge in [0, 0.05) is 22.4 Å². The van der Waals surface area contributed by atoms with Crippen molar-refractivity contribution < 1.29 is 4.79 Å². The molecule has 0 saturated carbocycles. The topological polar surface area (TPSA) is 67.2 Å². The number of anilines is 2. The Hall–Kier alpha value is -1.72. The molecule has 0 fully saturated rings. The summed E-state index contributed by atoms with van der Waals surface area (Å²) >= 11 is 9.39. The summed E-state index contributed by atoms with van der Waals surface area (Å²) in [7, 11) is 0. The molecule has 0 heterocycles. The van der Waals surface area contributed by atoms with Gasteiger partial charge in [0.2, 0.25) is 0 Å². The summed E-state index contributed by atoms with van der Waals surface area (Å²) < 4.78 is 0.879. The number of nitrogens with one attached hydrogen (secondary N) is 2. The van der Waals surface area contributed by atoms with E-state index in [1.807, 2.05) is 30.3 Å². The van der Waals surface area contributed by atoms with E-state index in [-0.39, 0.29) is 0 Å². The lowest BCUT2D eigenvalue weighted by molar-refractivity contribution is 0.259. The fourth-order valence-corrected chi connectivity index (χ4v) is 2.12. The minimum absolute atomic E-state index is 0.574. The van der Waals surface area contributed by atoms with Crippen LogP contribution in [-0.2, 0) is 6.54 Å². The Morgan fingerprint density at radius 2 is 1.80 bits per heavy atom. The van der Waals surface area contributed by atoms with E-state index < -0.39 is 6.03 Å². The quantitative estimate of drug-likeness (QED) is 0.770. The lowest BCUT2D eigenvalue weighted by Crippen LogP contribution is -2.19. The summed E-state index contributed by atoms with van der Waals surface area (Å²) in [6.45, 7) is 0.662. The Morgan fingerprint density at radius 3 is 2.40 bits per heavy atom. The van der Waals surface area contributed by atoms with Gasteiger partial charge in [-0.2, -0.15) is 0 Å². The van der Waals surface area contributed by atoms with Crippen LogP contribution in [0.15, 0.2) is 46.9 Å². The molecular formula is C14H13BrClN3O. The molecule has 0 spiro atoms. The van der Waals surface area contributed by atoms with Gasteiger partial charge < -0.3 is 16.4 Å². The average molecular weight is 355 g/mol. The van der Waals surface area contributed by atoms with Crippen LogP contribution in [0.2, 0.25) is 5.02 Å². The van der Waals surface area contributed by atoms with Crippen LogP contribution < -0.4 is 16.4 Å². The van der Waals surface area contributed by atoms with Crippen LogP contribution in [0, 0.1) is 0 Å². The molecule has 4 nitrogen and oxygen atoms in total. The summed E-state index contributed by atoms with van der Waals surface area (Å²) in [5.41, 5.74) is 7.73. The molecule has 0 aliphatic carbocycles. The number of hydrogen-bond acceptors (Lipinski definition) is 2. The zero-order valence-corrected chi connectivity index (χ0v) is 12.8. The van der Waals surface area contributed by atoms with Crippen molar-refractivity contribution in [2.24, 2.45) is 5.73 Å². The highest BCUT2D eigenvalue weighted by molar-refractivity contribution is 9.10. The van der Waals surface area contributed by atoms with Gasteiger partial charge in [0.1, 0.15) is 0 Å². The number of halogens is 2. The van der Waals surface area contributed by atoms with Crippen molar-refractivity contribution in [2.75, 3.05) is 10.6 Å². The molecule has 104 valence electrons. The van der Waals surface area contributed by atoms with E-state index in [1.165, 1.54) is 0 Å². The maximum absolute atomic E-state index is 10.7. The second-order valence-corrected chi connectivity index (χ2v) is 5.43. The number of carbonyl (C=O) groups is 1. The molecule has 0 bridgehead atoms. The first-order chi connectivity index (χ1) is 9.54. The molecule has 0 radical (unpaired) electrons. The van der Waals surface area contributed by atoms with Crippen LogP contribution in [0.3, 0.4) is 0 Å². The van der Waals surface area contributed by atoms with Crippen molar-refractivity contribution in [3.8, 4) is 0 Å². The molecule has 20 heavy (non-hydrogen) atoms. The molecule has 2 aromatic carbocycles. The SMILES string of the molecule is NC(=O)Nc1ccc(NCc2ccc(Br)c(Cl)c2)cc1. The van der Waals surface area contributed by atoms with Gasteiger partial charge >= 0.3 is 6.03 Å². The van der Waals surface area contributed by atoms with E-state index in [2.05, 4.69) is 26.6 Å². The van der Waals surface area contributed by atoms with Crippen LogP contribution in [0.4, 0.5) is 16.2 Å². The summed E-state index contributed by atoms with van der Waals surface area (Å²) in [6, 6.07) is 12.5. The van der Waals surface area contributed by atoms with E-state index in [0.29, 0.717) is 17.3 Å². The highest BCUT2D eigenvalue weighted by atomic mass is 79.9. The van der Waals surface area contributed by atoms with Crippen LogP contribution in [-0.4, -0.2) is 6.03 Å². The van der Waals surface area contributed by atoms with E-state index in [9.17, 15) is 4.79 Å². The average Bonchev–Trinajstić information content (AvgIpc) is 2.41. The normalized spacial score (nSPS) is 10.1. The number of primary amides is 1. The molecule has 2 rings (SSSR count). The molecule has 0 saturated heterocycles. The van der Waals surface area contributed by atoms with Crippen LogP contribution in [0.25, 0.3) is 0 Å². The molecule has 0 aliphatic heterocycles. The smallest absolute Gasteiger partial charge is 0.316 e.